The summed E-state index contributed by atoms with van der Waals surface area (Å²) in [5.41, 5.74) is 10.7. The Morgan fingerprint density at radius 2 is 2.15 bits per heavy atom. The Morgan fingerprint density at radius 1 is 1.45 bits per heavy atom. The van der Waals surface area contributed by atoms with Crippen LogP contribution in [0.3, 0.4) is 0 Å². The summed E-state index contributed by atoms with van der Waals surface area (Å²) in [5, 5.41) is 3.72. The average molecular weight is 292 g/mol. The van der Waals surface area contributed by atoms with Gasteiger partial charge in [-0.25, -0.2) is 9.67 Å². The summed E-state index contributed by atoms with van der Waals surface area (Å²) in [4.78, 5) is 16.7. The number of carbonyl (C=O) groups excluding carboxylic acids is 1. The highest BCUT2D eigenvalue weighted by atomic mass is 19.4. The third-order valence-electron chi connectivity index (χ3n) is 3.37. The first-order chi connectivity index (χ1) is 9.31. The van der Waals surface area contributed by atoms with Crippen LogP contribution in [0.15, 0.2) is 6.33 Å². The van der Waals surface area contributed by atoms with Gasteiger partial charge in [0.25, 0.3) is 0 Å². The summed E-state index contributed by atoms with van der Waals surface area (Å²) in [6, 6.07) is 0. The third kappa shape index (κ3) is 3.00. The quantitative estimate of drug-likeness (QED) is 0.778. The molecule has 0 saturated carbocycles. The summed E-state index contributed by atoms with van der Waals surface area (Å²) in [6.07, 6.45) is -3.10. The third-order valence-corrected chi connectivity index (χ3v) is 3.37. The van der Waals surface area contributed by atoms with E-state index < -0.39 is 23.9 Å². The molecular weight excluding hydrogens is 277 g/mol. The molecule has 2 rings (SSSR count). The molecule has 0 aliphatic carbocycles. The Balaban J connectivity index is 2.01. The minimum Gasteiger partial charge on any atom is -0.367 e. The van der Waals surface area contributed by atoms with Crippen LogP contribution >= 0.6 is 0 Å². The van der Waals surface area contributed by atoms with Gasteiger partial charge in [-0.1, -0.05) is 0 Å². The van der Waals surface area contributed by atoms with Crippen molar-refractivity contribution in [3.63, 3.8) is 0 Å². The van der Waals surface area contributed by atoms with Crippen LogP contribution in [-0.4, -0.2) is 51.4 Å². The zero-order valence-electron chi connectivity index (χ0n) is 10.5. The second-order valence-corrected chi connectivity index (χ2v) is 4.74. The Kier molecular flexibility index (Phi) is 3.84. The first-order valence-corrected chi connectivity index (χ1v) is 6.00. The SMILES string of the molecule is NCC1CN(C(=O)Cn2cnc(N)n2)CC1C(F)(F)F. The smallest absolute Gasteiger partial charge is 0.367 e. The van der Waals surface area contributed by atoms with Gasteiger partial charge in [-0.2, -0.15) is 13.2 Å². The van der Waals surface area contributed by atoms with Crippen molar-refractivity contribution >= 4 is 11.9 Å². The van der Waals surface area contributed by atoms with Gasteiger partial charge in [0.05, 0.1) is 5.92 Å². The Hall–Kier alpha value is -1.84. The molecule has 1 fully saturated rings. The monoisotopic (exact) mass is 292 g/mol. The van der Waals surface area contributed by atoms with E-state index in [1.54, 1.807) is 0 Å². The van der Waals surface area contributed by atoms with Crippen molar-refractivity contribution in [2.24, 2.45) is 17.6 Å². The fraction of sp³-hybridized carbons (Fsp3) is 0.700. The minimum atomic E-state index is -4.35. The molecule has 0 spiro atoms. The highest BCUT2D eigenvalue weighted by molar-refractivity contribution is 5.76. The number of nitrogens with zero attached hydrogens (tertiary/aromatic N) is 4. The maximum atomic E-state index is 12.8. The van der Waals surface area contributed by atoms with Crippen molar-refractivity contribution < 1.29 is 18.0 Å². The fourth-order valence-corrected chi connectivity index (χ4v) is 2.31. The predicted molar refractivity (Wildman–Crippen MR) is 63.1 cm³/mol. The molecule has 1 aliphatic rings. The number of alkyl halides is 3. The second kappa shape index (κ2) is 5.27. The van der Waals surface area contributed by atoms with E-state index in [9.17, 15) is 18.0 Å². The number of rotatable bonds is 3. The van der Waals surface area contributed by atoms with Crippen LogP contribution in [0.2, 0.25) is 0 Å². The number of anilines is 1. The molecule has 20 heavy (non-hydrogen) atoms. The standard InChI is InChI=1S/C10H15F3N6O/c11-10(12,13)7-3-18(2-6(7)1-14)8(20)4-19-5-16-9(15)17-19/h5-7H,1-4,14H2,(H2,15,17). The number of likely N-dealkylation sites (tertiary alicyclic amines) is 1. The summed E-state index contributed by atoms with van der Waals surface area (Å²) in [7, 11) is 0. The molecule has 4 N–H and O–H groups in total. The number of halogens is 3. The number of aromatic nitrogens is 3. The molecule has 10 heteroatoms. The van der Waals surface area contributed by atoms with Crippen LogP contribution in [-0.2, 0) is 11.3 Å². The lowest BCUT2D eigenvalue weighted by molar-refractivity contribution is -0.179. The van der Waals surface area contributed by atoms with E-state index in [0.717, 1.165) is 4.90 Å². The lowest BCUT2D eigenvalue weighted by atomic mass is 9.96. The topological polar surface area (TPSA) is 103 Å². The Morgan fingerprint density at radius 3 is 2.60 bits per heavy atom. The highest BCUT2D eigenvalue weighted by Gasteiger charge is 2.50. The summed E-state index contributed by atoms with van der Waals surface area (Å²) < 4.78 is 39.7. The van der Waals surface area contributed by atoms with Crippen LogP contribution in [0, 0.1) is 11.8 Å². The molecule has 1 aliphatic heterocycles. The number of amides is 1. The van der Waals surface area contributed by atoms with Gasteiger partial charge < -0.3 is 16.4 Å². The summed E-state index contributed by atoms with van der Waals surface area (Å²) >= 11 is 0. The van der Waals surface area contributed by atoms with E-state index in [-0.39, 0.29) is 32.1 Å². The van der Waals surface area contributed by atoms with Gasteiger partial charge in [0.15, 0.2) is 0 Å². The number of hydrogen-bond acceptors (Lipinski definition) is 5. The summed E-state index contributed by atoms with van der Waals surface area (Å²) in [6.45, 7) is -0.658. The molecule has 1 saturated heterocycles. The van der Waals surface area contributed by atoms with E-state index >= 15 is 0 Å². The van der Waals surface area contributed by atoms with Gasteiger partial charge in [0, 0.05) is 19.0 Å². The normalized spacial score (nSPS) is 23.3. The molecule has 1 aromatic heterocycles. The molecule has 7 nitrogen and oxygen atoms in total. The van der Waals surface area contributed by atoms with Gasteiger partial charge in [-0.3, -0.25) is 4.79 Å². The van der Waals surface area contributed by atoms with Crippen molar-refractivity contribution in [2.75, 3.05) is 25.4 Å². The highest BCUT2D eigenvalue weighted by Crippen LogP contribution is 2.37. The lowest BCUT2D eigenvalue weighted by Gasteiger charge is -2.19. The maximum absolute atomic E-state index is 12.8. The molecule has 0 bridgehead atoms. The van der Waals surface area contributed by atoms with Crippen LogP contribution in [0.4, 0.5) is 19.1 Å². The number of carbonyl (C=O) groups is 1. The molecule has 1 amide bonds. The molecule has 0 aromatic carbocycles. The molecule has 112 valence electrons. The first-order valence-electron chi connectivity index (χ1n) is 6.00. The van der Waals surface area contributed by atoms with Crippen LogP contribution in [0.5, 0.6) is 0 Å². The van der Waals surface area contributed by atoms with E-state index in [1.807, 2.05) is 0 Å². The van der Waals surface area contributed by atoms with Gasteiger partial charge in [0.2, 0.25) is 11.9 Å². The van der Waals surface area contributed by atoms with Gasteiger partial charge >= 0.3 is 6.18 Å². The average Bonchev–Trinajstić information content (AvgIpc) is 2.94. The molecule has 2 atom stereocenters. The molecule has 0 radical (unpaired) electrons. The zero-order chi connectivity index (χ0) is 14.9. The number of nitrogens with two attached hydrogens (primary N) is 2. The van der Waals surface area contributed by atoms with Gasteiger partial charge in [-0.05, 0) is 6.54 Å². The van der Waals surface area contributed by atoms with Crippen LogP contribution < -0.4 is 11.5 Å². The van der Waals surface area contributed by atoms with Crippen molar-refractivity contribution in [2.45, 2.75) is 12.7 Å². The second-order valence-electron chi connectivity index (χ2n) is 4.74. The fourth-order valence-electron chi connectivity index (χ4n) is 2.31. The number of hydrogen-bond donors (Lipinski definition) is 2. The van der Waals surface area contributed by atoms with Gasteiger partial charge in [0.1, 0.15) is 12.9 Å². The maximum Gasteiger partial charge on any atom is 0.393 e. The lowest BCUT2D eigenvalue weighted by Crippen LogP contribution is -2.34. The van der Waals surface area contributed by atoms with Crippen molar-refractivity contribution in [3.8, 4) is 0 Å². The summed E-state index contributed by atoms with van der Waals surface area (Å²) in [5.74, 6) is -2.79. The van der Waals surface area contributed by atoms with E-state index in [1.165, 1.54) is 11.0 Å². The molecular formula is C10H15F3N6O. The van der Waals surface area contributed by atoms with E-state index in [2.05, 4.69) is 10.1 Å². The minimum absolute atomic E-state index is 0.00366. The Bertz CT molecular complexity index is 488. The largest absolute Gasteiger partial charge is 0.393 e. The van der Waals surface area contributed by atoms with Crippen molar-refractivity contribution in [1.82, 2.24) is 19.7 Å². The van der Waals surface area contributed by atoms with E-state index in [4.69, 9.17) is 11.5 Å². The predicted octanol–water partition coefficient (Wildman–Crippen LogP) is -0.544. The first kappa shape index (κ1) is 14.6. The molecule has 2 unspecified atom stereocenters. The van der Waals surface area contributed by atoms with Crippen molar-refractivity contribution in [3.05, 3.63) is 6.33 Å². The molecule has 2 heterocycles. The number of nitrogen functional groups attached to an aromatic ring is 1. The van der Waals surface area contributed by atoms with E-state index in [0.29, 0.717) is 0 Å². The molecule has 1 aromatic rings. The Labute approximate surface area is 112 Å². The zero-order valence-corrected chi connectivity index (χ0v) is 10.5. The van der Waals surface area contributed by atoms with Crippen LogP contribution in [0.25, 0.3) is 0 Å². The van der Waals surface area contributed by atoms with Crippen molar-refractivity contribution in [1.29, 1.82) is 0 Å². The van der Waals surface area contributed by atoms with Gasteiger partial charge in [-0.15, -0.1) is 5.10 Å². The van der Waals surface area contributed by atoms with Crippen LogP contribution in [0.1, 0.15) is 0 Å².